The number of sulfonamides is 1. The highest BCUT2D eigenvalue weighted by Crippen LogP contribution is 2.30. The lowest BCUT2D eigenvalue weighted by Gasteiger charge is -2.32. The van der Waals surface area contributed by atoms with E-state index in [0.717, 1.165) is 54.7 Å². The van der Waals surface area contributed by atoms with E-state index in [1.807, 2.05) is 33.8 Å². The van der Waals surface area contributed by atoms with Crippen LogP contribution in [-0.4, -0.2) is 32.4 Å². The number of nitrogens with one attached hydrogen (secondary N) is 1. The molecule has 1 fully saturated rings. The summed E-state index contributed by atoms with van der Waals surface area (Å²) in [6.07, 6.45) is 1.68. The van der Waals surface area contributed by atoms with Gasteiger partial charge in [-0.25, -0.2) is 13.1 Å². The maximum atomic E-state index is 13.2. The Morgan fingerprint density at radius 2 is 1.34 bits per heavy atom. The Labute approximate surface area is 182 Å². The van der Waals surface area contributed by atoms with Crippen LogP contribution in [0.4, 0.5) is 0 Å². The monoisotopic (exact) mass is 436 g/mol. The molecule has 1 N–H and O–H groups in total. The second kappa shape index (κ2) is 9.61. The van der Waals surface area contributed by atoms with Crippen LogP contribution in [0, 0.1) is 34.6 Å². The van der Waals surface area contributed by atoms with E-state index in [9.17, 15) is 8.42 Å². The predicted molar refractivity (Wildman–Crippen MR) is 122 cm³/mol. The molecule has 0 aliphatic carbocycles. The van der Waals surface area contributed by atoms with E-state index < -0.39 is 10.0 Å². The molecule has 3 rings (SSSR count). The molecule has 1 saturated heterocycles. The number of rotatable bonds is 5. The van der Waals surface area contributed by atoms with Crippen LogP contribution < -0.4 is 4.72 Å². The van der Waals surface area contributed by atoms with Crippen molar-refractivity contribution in [2.24, 2.45) is 0 Å². The van der Waals surface area contributed by atoms with Crippen LogP contribution in [-0.2, 0) is 16.6 Å². The number of hydrogen-bond donors (Lipinski definition) is 1. The van der Waals surface area contributed by atoms with Crippen molar-refractivity contribution in [2.75, 3.05) is 13.1 Å². The Hall–Kier alpha value is -1.40. The van der Waals surface area contributed by atoms with Crippen molar-refractivity contribution in [1.82, 2.24) is 9.62 Å². The minimum absolute atomic E-state index is 0. The smallest absolute Gasteiger partial charge is 0.241 e. The minimum atomic E-state index is -3.53. The molecule has 0 spiro atoms. The van der Waals surface area contributed by atoms with Gasteiger partial charge in [0, 0.05) is 25.7 Å². The zero-order valence-corrected chi connectivity index (χ0v) is 19.7. The average Bonchev–Trinajstić information content (AvgIpc) is 2.67. The number of hydrogen-bond acceptors (Lipinski definition) is 3. The Balaban J connectivity index is 0.00000300. The number of nitrogens with zero attached hydrogens (tertiary/aromatic N) is 1. The molecule has 0 amide bonds. The summed E-state index contributed by atoms with van der Waals surface area (Å²) in [5, 5.41) is 0. The molecule has 0 radical (unpaired) electrons. The molecule has 160 valence electrons. The molecule has 1 aliphatic rings. The molecule has 2 aromatic rings. The molecule has 1 aliphatic heterocycles. The number of piperidine rings is 1. The first kappa shape index (κ1) is 23.9. The van der Waals surface area contributed by atoms with Crippen LogP contribution in [0.3, 0.4) is 0 Å². The molecule has 29 heavy (non-hydrogen) atoms. The fourth-order valence-electron chi connectivity index (χ4n) is 4.20. The molecule has 1 heterocycles. The summed E-state index contributed by atoms with van der Waals surface area (Å²) < 4.78 is 29.4. The summed E-state index contributed by atoms with van der Waals surface area (Å²) in [6.45, 7) is 12.7. The lowest BCUT2D eigenvalue weighted by atomic mass is 9.95. The molecule has 2 aromatic carbocycles. The van der Waals surface area contributed by atoms with Gasteiger partial charge in [0.1, 0.15) is 0 Å². The summed E-state index contributed by atoms with van der Waals surface area (Å²) in [5.74, 6) is 0. The van der Waals surface area contributed by atoms with E-state index in [1.54, 1.807) is 0 Å². The van der Waals surface area contributed by atoms with E-state index in [2.05, 4.69) is 40.8 Å². The van der Waals surface area contributed by atoms with Gasteiger partial charge in [-0.05, 0) is 80.8 Å². The normalized spacial score (nSPS) is 15.9. The van der Waals surface area contributed by atoms with Crippen molar-refractivity contribution in [3.05, 3.63) is 63.7 Å². The average molecular weight is 437 g/mol. The first-order chi connectivity index (χ1) is 13.2. The van der Waals surface area contributed by atoms with Gasteiger partial charge >= 0.3 is 0 Å². The topological polar surface area (TPSA) is 49.4 Å². The van der Waals surface area contributed by atoms with E-state index in [-0.39, 0.29) is 18.4 Å². The third-order valence-corrected chi connectivity index (χ3v) is 8.15. The second-order valence-corrected chi connectivity index (χ2v) is 9.76. The van der Waals surface area contributed by atoms with Gasteiger partial charge in [-0.15, -0.1) is 12.4 Å². The molecule has 4 nitrogen and oxygen atoms in total. The van der Waals surface area contributed by atoms with Crippen molar-refractivity contribution >= 4 is 22.4 Å². The van der Waals surface area contributed by atoms with Gasteiger partial charge in [0.25, 0.3) is 0 Å². The fourth-order valence-corrected chi connectivity index (χ4v) is 6.10. The molecule has 6 heteroatoms. The Bertz CT molecular complexity index is 922. The molecule has 0 saturated carbocycles. The minimum Gasteiger partial charge on any atom is -0.299 e. The SMILES string of the molecule is Cc1c(C)c(C)c(S(=O)(=O)NC2CCN(Cc3ccccc3)CC2)c(C)c1C.Cl. The summed E-state index contributed by atoms with van der Waals surface area (Å²) in [6, 6.07) is 10.4. The van der Waals surface area contributed by atoms with Gasteiger partial charge in [0.2, 0.25) is 10.0 Å². The molecule has 0 aromatic heterocycles. The summed E-state index contributed by atoms with van der Waals surface area (Å²) in [4.78, 5) is 2.87. The van der Waals surface area contributed by atoms with Gasteiger partial charge < -0.3 is 0 Å². The largest absolute Gasteiger partial charge is 0.299 e. The molecule has 0 unspecified atom stereocenters. The highest BCUT2D eigenvalue weighted by Gasteiger charge is 2.28. The standard InChI is InChI=1S/C23H32N2O2S.ClH/c1-16-17(2)19(4)23(20(5)18(16)3)28(26,27)24-22-11-13-25(14-12-22)15-21-9-7-6-8-10-21;/h6-10,22,24H,11-15H2,1-5H3;1H. The first-order valence-electron chi connectivity index (χ1n) is 10.1. The Morgan fingerprint density at radius 3 is 1.86 bits per heavy atom. The maximum Gasteiger partial charge on any atom is 0.241 e. The second-order valence-electron chi connectivity index (χ2n) is 8.11. The summed E-state index contributed by atoms with van der Waals surface area (Å²) in [5.41, 5.74) is 6.37. The number of benzene rings is 2. The van der Waals surface area contributed by atoms with Gasteiger partial charge in [-0.3, -0.25) is 4.90 Å². The summed E-state index contributed by atoms with van der Waals surface area (Å²) in [7, 11) is -3.53. The van der Waals surface area contributed by atoms with Crippen molar-refractivity contribution in [1.29, 1.82) is 0 Å². The predicted octanol–water partition coefficient (Wildman–Crippen LogP) is 4.59. The zero-order valence-electron chi connectivity index (χ0n) is 18.1. The van der Waals surface area contributed by atoms with Crippen LogP contribution in [0.25, 0.3) is 0 Å². The highest BCUT2D eigenvalue weighted by atomic mass is 35.5. The fraction of sp³-hybridized carbons (Fsp3) is 0.478. The van der Waals surface area contributed by atoms with Crippen LogP contribution in [0.1, 0.15) is 46.2 Å². The quantitative estimate of drug-likeness (QED) is 0.745. The number of likely N-dealkylation sites (tertiary alicyclic amines) is 1. The molecule has 0 atom stereocenters. The molecule has 0 bridgehead atoms. The summed E-state index contributed by atoms with van der Waals surface area (Å²) >= 11 is 0. The van der Waals surface area contributed by atoms with E-state index >= 15 is 0 Å². The van der Waals surface area contributed by atoms with Crippen LogP contribution >= 0.6 is 12.4 Å². The Kier molecular flexibility index (Phi) is 7.91. The van der Waals surface area contributed by atoms with Crippen molar-refractivity contribution in [3.63, 3.8) is 0 Å². The van der Waals surface area contributed by atoms with Crippen molar-refractivity contribution < 1.29 is 8.42 Å². The van der Waals surface area contributed by atoms with E-state index in [4.69, 9.17) is 0 Å². The third-order valence-electron chi connectivity index (χ3n) is 6.36. The highest BCUT2D eigenvalue weighted by molar-refractivity contribution is 7.89. The van der Waals surface area contributed by atoms with Crippen molar-refractivity contribution in [2.45, 2.75) is 64.9 Å². The van der Waals surface area contributed by atoms with Crippen LogP contribution in [0.2, 0.25) is 0 Å². The van der Waals surface area contributed by atoms with Crippen molar-refractivity contribution in [3.8, 4) is 0 Å². The lowest BCUT2D eigenvalue weighted by molar-refractivity contribution is 0.200. The van der Waals surface area contributed by atoms with Gasteiger partial charge in [-0.2, -0.15) is 0 Å². The number of halogens is 1. The third kappa shape index (κ3) is 5.21. The van der Waals surface area contributed by atoms with E-state index in [1.165, 1.54) is 11.1 Å². The Morgan fingerprint density at radius 1 is 0.862 bits per heavy atom. The lowest BCUT2D eigenvalue weighted by Crippen LogP contribution is -2.44. The molecular formula is C23H33ClN2O2S. The first-order valence-corrected chi connectivity index (χ1v) is 11.5. The van der Waals surface area contributed by atoms with Crippen LogP contribution in [0.5, 0.6) is 0 Å². The van der Waals surface area contributed by atoms with E-state index in [0.29, 0.717) is 4.90 Å². The maximum absolute atomic E-state index is 13.2. The zero-order chi connectivity index (χ0) is 20.5. The van der Waals surface area contributed by atoms with Gasteiger partial charge in [0.05, 0.1) is 4.90 Å². The van der Waals surface area contributed by atoms with Crippen LogP contribution in [0.15, 0.2) is 35.2 Å². The van der Waals surface area contributed by atoms with Gasteiger partial charge in [-0.1, -0.05) is 30.3 Å². The molecular weight excluding hydrogens is 404 g/mol. The van der Waals surface area contributed by atoms with Gasteiger partial charge in [0.15, 0.2) is 0 Å².